The van der Waals surface area contributed by atoms with Gasteiger partial charge in [-0.25, -0.2) is 12.8 Å². The van der Waals surface area contributed by atoms with Crippen LogP contribution in [0.15, 0.2) is 41.6 Å². The Bertz CT molecular complexity index is 995. The third kappa shape index (κ3) is 3.68. The molecule has 2 heterocycles. The molecule has 0 aliphatic rings. The third-order valence-corrected chi connectivity index (χ3v) is 4.94. The van der Waals surface area contributed by atoms with Gasteiger partial charge in [0, 0.05) is 6.20 Å². The fourth-order valence-corrected chi connectivity index (χ4v) is 3.39. The summed E-state index contributed by atoms with van der Waals surface area (Å²) in [5.74, 6) is -0.811. The number of hydrogen-bond donors (Lipinski definition) is 1. The molecule has 1 aromatic carbocycles. The minimum atomic E-state index is -4.02. The van der Waals surface area contributed by atoms with E-state index in [0.29, 0.717) is 13.1 Å². The molecule has 25 heavy (non-hydrogen) atoms. The third-order valence-electron chi connectivity index (χ3n) is 3.53. The summed E-state index contributed by atoms with van der Waals surface area (Å²) in [6, 6.07) is 5.19. The van der Waals surface area contributed by atoms with Gasteiger partial charge in [0.05, 0.1) is 30.7 Å². The molecule has 2 aromatic heterocycles. The zero-order valence-electron chi connectivity index (χ0n) is 13.7. The van der Waals surface area contributed by atoms with Gasteiger partial charge >= 0.3 is 0 Å². The molecule has 3 aromatic rings. The Labute approximate surface area is 144 Å². The highest BCUT2D eigenvalue weighted by Gasteiger charge is 2.19. The lowest BCUT2D eigenvalue weighted by Gasteiger charge is -2.06. The van der Waals surface area contributed by atoms with E-state index in [1.807, 2.05) is 13.8 Å². The molecule has 1 N–H and O–H groups in total. The van der Waals surface area contributed by atoms with Gasteiger partial charge in [0.1, 0.15) is 16.4 Å². The molecule has 0 saturated carbocycles. The number of nitrogens with one attached hydrogen (secondary N) is 1. The lowest BCUT2D eigenvalue weighted by atomic mass is 10.3. The smallest absolute Gasteiger partial charge is 0.264 e. The summed E-state index contributed by atoms with van der Waals surface area (Å²) in [7, 11) is -4.02. The maximum absolute atomic E-state index is 13.7. The Hall–Kier alpha value is -2.75. The molecule has 132 valence electrons. The highest BCUT2D eigenvalue weighted by atomic mass is 32.2. The van der Waals surface area contributed by atoms with Gasteiger partial charge in [-0.3, -0.25) is 9.40 Å². The summed E-state index contributed by atoms with van der Waals surface area (Å²) in [5.41, 5.74) is 1.77. The van der Waals surface area contributed by atoms with Crippen molar-refractivity contribution in [1.82, 2.24) is 24.8 Å². The number of benzene rings is 1. The number of aryl methyl sites for hydroxylation is 2. The summed E-state index contributed by atoms with van der Waals surface area (Å²) < 4.78 is 42.1. The predicted octanol–water partition coefficient (Wildman–Crippen LogP) is 1.79. The van der Waals surface area contributed by atoms with E-state index in [1.165, 1.54) is 35.3 Å². The van der Waals surface area contributed by atoms with Crippen LogP contribution in [0.1, 0.15) is 18.3 Å². The van der Waals surface area contributed by atoms with Crippen molar-refractivity contribution in [2.45, 2.75) is 31.8 Å². The van der Waals surface area contributed by atoms with Crippen molar-refractivity contribution in [1.29, 1.82) is 0 Å². The highest BCUT2D eigenvalue weighted by Crippen LogP contribution is 2.18. The number of sulfonamides is 1. The normalized spacial score (nSPS) is 11.6. The summed E-state index contributed by atoms with van der Waals surface area (Å²) in [6.45, 7) is 4.80. The molecule has 0 aliphatic heterocycles. The molecule has 0 bridgehead atoms. The van der Waals surface area contributed by atoms with Gasteiger partial charge in [0.25, 0.3) is 10.0 Å². The van der Waals surface area contributed by atoms with Crippen molar-refractivity contribution in [2.24, 2.45) is 0 Å². The standard InChI is InChI=1S/C15H17FN6O2S/c1-3-22-18-11(2)14(19-22)10-21-9-12(8-17-21)20-25(23,24)15-7-5-4-6-13(15)16/h4-9,20H,3,10H2,1-2H3. The van der Waals surface area contributed by atoms with E-state index in [4.69, 9.17) is 0 Å². The topological polar surface area (TPSA) is 94.7 Å². The lowest BCUT2D eigenvalue weighted by Crippen LogP contribution is -2.14. The molecule has 10 heteroatoms. The van der Waals surface area contributed by atoms with Gasteiger partial charge < -0.3 is 0 Å². The van der Waals surface area contributed by atoms with Gasteiger partial charge in [-0.1, -0.05) is 12.1 Å². The molecule has 0 spiro atoms. The van der Waals surface area contributed by atoms with Crippen molar-refractivity contribution in [3.63, 3.8) is 0 Å². The van der Waals surface area contributed by atoms with Crippen LogP contribution in [-0.4, -0.2) is 33.2 Å². The number of rotatable bonds is 6. The van der Waals surface area contributed by atoms with E-state index in [1.54, 1.807) is 4.80 Å². The molecule has 0 radical (unpaired) electrons. The van der Waals surface area contributed by atoms with E-state index in [-0.39, 0.29) is 5.69 Å². The Balaban J connectivity index is 1.77. The van der Waals surface area contributed by atoms with Crippen LogP contribution in [0.3, 0.4) is 0 Å². The fourth-order valence-electron chi connectivity index (χ4n) is 2.28. The Morgan fingerprint density at radius 2 is 2.00 bits per heavy atom. The summed E-state index contributed by atoms with van der Waals surface area (Å²) in [6.07, 6.45) is 2.88. The second kappa shape index (κ2) is 6.63. The van der Waals surface area contributed by atoms with Gasteiger partial charge in [-0.05, 0) is 26.0 Å². The Morgan fingerprint density at radius 3 is 2.68 bits per heavy atom. The maximum Gasteiger partial charge on any atom is 0.264 e. The molecular weight excluding hydrogens is 347 g/mol. The first-order valence-electron chi connectivity index (χ1n) is 7.59. The van der Waals surface area contributed by atoms with Crippen LogP contribution >= 0.6 is 0 Å². The Kier molecular flexibility index (Phi) is 4.53. The van der Waals surface area contributed by atoms with Crippen molar-refractivity contribution in [3.05, 3.63) is 53.9 Å². The minimum absolute atomic E-state index is 0.240. The highest BCUT2D eigenvalue weighted by molar-refractivity contribution is 7.92. The SMILES string of the molecule is CCn1nc(C)c(Cn2cc(NS(=O)(=O)c3ccccc3F)cn2)n1. The lowest BCUT2D eigenvalue weighted by molar-refractivity contribution is 0.555. The second-order valence-corrected chi connectivity index (χ2v) is 7.03. The van der Waals surface area contributed by atoms with E-state index in [9.17, 15) is 12.8 Å². The number of anilines is 1. The average Bonchev–Trinajstić information content (AvgIpc) is 3.14. The number of hydrogen-bond acceptors (Lipinski definition) is 5. The van der Waals surface area contributed by atoms with Crippen molar-refractivity contribution in [2.75, 3.05) is 4.72 Å². The first kappa shape index (κ1) is 17.1. The first-order valence-corrected chi connectivity index (χ1v) is 9.08. The van der Waals surface area contributed by atoms with Crippen LogP contribution in [-0.2, 0) is 23.1 Å². The largest absolute Gasteiger partial charge is 0.276 e. The molecule has 0 amide bonds. The van der Waals surface area contributed by atoms with Crippen molar-refractivity contribution < 1.29 is 12.8 Å². The molecule has 0 atom stereocenters. The molecule has 0 aliphatic carbocycles. The van der Waals surface area contributed by atoms with Crippen molar-refractivity contribution in [3.8, 4) is 0 Å². The molecular formula is C15H17FN6O2S. The number of aromatic nitrogens is 5. The summed E-state index contributed by atoms with van der Waals surface area (Å²) in [4.78, 5) is 1.17. The molecule has 0 unspecified atom stereocenters. The van der Waals surface area contributed by atoms with E-state index >= 15 is 0 Å². The number of halogens is 1. The minimum Gasteiger partial charge on any atom is -0.276 e. The van der Waals surface area contributed by atoms with Crippen molar-refractivity contribution >= 4 is 15.7 Å². The second-order valence-electron chi connectivity index (χ2n) is 5.38. The van der Waals surface area contributed by atoms with Crippen LogP contribution in [0.25, 0.3) is 0 Å². The average molecular weight is 364 g/mol. The zero-order valence-corrected chi connectivity index (χ0v) is 14.5. The van der Waals surface area contributed by atoms with Gasteiger partial charge in [-0.15, -0.1) is 0 Å². The molecule has 8 nitrogen and oxygen atoms in total. The van der Waals surface area contributed by atoms with Gasteiger partial charge in [0.2, 0.25) is 0 Å². The van der Waals surface area contributed by atoms with E-state index in [0.717, 1.165) is 17.5 Å². The van der Waals surface area contributed by atoms with Gasteiger partial charge in [0.15, 0.2) is 0 Å². The monoisotopic (exact) mass is 364 g/mol. The van der Waals surface area contributed by atoms with Gasteiger partial charge in [-0.2, -0.15) is 20.1 Å². The molecule has 0 saturated heterocycles. The van der Waals surface area contributed by atoms with Crippen LogP contribution < -0.4 is 4.72 Å². The fraction of sp³-hybridized carbons (Fsp3) is 0.267. The quantitative estimate of drug-likeness (QED) is 0.720. The van der Waals surface area contributed by atoms with Crippen LogP contribution in [0, 0.1) is 12.7 Å². The molecule has 0 fully saturated rings. The maximum atomic E-state index is 13.7. The molecule has 3 rings (SSSR count). The zero-order chi connectivity index (χ0) is 18.0. The van der Waals surface area contributed by atoms with E-state index in [2.05, 4.69) is 20.0 Å². The van der Waals surface area contributed by atoms with E-state index < -0.39 is 20.7 Å². The van der Waals surface area contributed by atoms with Crippen LogP contribution in [0.2, 0.25) is 0 Å². The van der Waals surface area contributed by atoms with Crippen LogP contribution in [0.5, 0.6) is 0 Å². The predicted molar refractivity (Wildman–Crippen MR) is 89.0 cm³/mol. The summed E-state index contributed by atoms with van der Waals surface area (Å²) in [5, 5.41) is 12.7. The first-order chi connectivity index (χ1) is 11.9. The number of nitrogens with zero attached hydrogens (tertiary/aromatic N) is 5. The summed E-state index contributed by atoms with van der Waals surface area (Å²) >= 11 is 0. The Morgan fingerprint density at radius 1 is 1.24 bits per heavy atom. The van der Waals surface area contributed by atoms with Crippen LogP contribution in [0.4, 0.5) is 10.1 Å².